The highest BCUT2D eigenvalue weighted by atomic mass is 16.3. The SMILES string of the molecule is CC(C)(C)c1ccc(N2c3ccccc3B3c4c2cc(N(c2ccccc2)c2ccccc2)cc4C2(c4ccccc4-c4ccccc42)c2oc4ccc(C(C)(C)C)cc4c23)cc1. The van der Waals surface area contributed by atoms with Gasteiger partial charge in [0.05, 0.1) is 0 Å². The van der Waals surface area contributed by atoms with Crippen LogP contribution in [0.2, 0.25) is 0 Å². The van der Waals surface area contributed by atoms with Gasteiger partial charge in [-0.05, 0) is 133 Å². The Labute approximate surface area is 371 Å². The van der Waals surface area contributed by atoms with E-state index in [2.05, 4.69) is 239 Å². The topological polar surface area (TPSA) is 19.6 Å². The number of fused-ring (bicyclic) bond motifs is 13. The molecule has 3 nitrogen and oxygen atoms in total. The van der Waals surface area contributed by atoms with Crippen molar-refractivity contribution in [3.63, 3.8) is 0 Å². The molecule has 2 aliphatic heterocycles. The first-order valence-corrected chi connectivity index (χ1v) is 22.4. The van der Waals surface area contributed by atoms with Gasteiger partial charge in [-0.1, -0.05) is 163 Å². The van der Waals surface area contributed by atoms with E-state index in [1.807, 2.05) is 0 Å². The van der Waals surface area contributed by atoms with Crippen LogP contribution >= 0.6 is 0 Å². The Balaban J connectivity index is 1.28. The summed E-state index contributed by atoms with van der Waals surface area (Å²) in [5.74, 6) is 1.02. The molecule has 1 spiro atoms. The largest absolute Gasteiger partial charge is 0.460 e. The molecule has 0 bridgehead atoms. The number of para-hydroxylation sites is 3. The third-order valence-corrected chi connectivity index (χ3v) is 14.0. The summed E-state index contributed by atoms with van der Waals surface area (Å²) >= 11 is 0. The Morgan fingerprint density at radius 1 is 0.476 bits per heavy atom. The van der Waals surface area contributed by atoms with Gasteiger partial charge in [-0.2, -0.15) is 0 Å². The van der Waals surface area contributed by atoms with Gasteiger partial charge < -0.3 is 14.2 Å². The van der Waals surface area contributed by atoms with Crippen LogP contribution in [0, 0.1) is 0 Å². The Hall–Kier alpha value is -7.04. The van der Waals surface area contributed by atoms with Crippen molar-refractivity contribution in [3.8, 4) is 11.1 Å². The predicted octanol–water partition coefficient (Wildman–Crippen LogP) is 13.5. The lowest BCUT2D eigenvalue weighted by molar-refractivity contribution is 0.500. The molecule has 1 aliphatic carbocycles. The summed E-state index contributed by atoms with van der Waals surface area (Å²) in [5, 5.41) is 1.19. The first-order chi connectivity index (χ1) is 30.5. The maximum atomic E-state index is 7.58. The van der Waals surface area contributed by atoms with Gasteiger partial charge in [0.15, 0.2) is 0 Å². The zero-order valence-corrected chi connectivity index (χ0v) is 36.8. The summed E-state index contributed by atoms with van der Waals surface area (Å²) < 4.78 is 7.58. The number of rotatable bonds is 4. The molecule has 3 heterocycles. The fraction of sp³-hybridized carbons (Fsp3) is 0.153. The summed E-state index contributed by atoms with van der Waals surface area (Å²) in [6, 6.07) is 70.1. The number of hydrogen-bond donors (Lipinski definition) is 0. The van der Waals surface area contributed by atoms with E-state index in [1.54, 1.807) is 0 Å². The number of hydrogen-bond acceptors (Lipinski definition) is 3. The second-order valence-corrected chi connectivity index (χ2v) is 19.7. The Morgan fingerprint density at radius 2 is 1.03 bits per heavy atom. The molecular formula is C59H49BN2O. The molecule has 9 aromatic rings. The van der Waals surface area contributed by atoms with Crippen molar-refractivity contribution in [2.75, 3.05) is 9.80 Å². The first kappa shape index (κ1) is 37.7. The van der Waals surface area contributed by atoms with Crippen LogP contribution in [-0.4, -0.2) is 6.71 Å². The predicted molar refractivity (Wildman–Crippen MR) is 265 cm³/mol. The molecule has 1 aromatic heterocycles. The summed E-state index contributed by atoms with van der Waals surface area (Å²) in [4.78, 5) is 4.97. The maximum Gasteiger partial charge on any atom is 0.252 e. The average molecular weight is 813 g/mol. The fourth-order valence-corrected chi connectivity index (χ4v) is 11.1. The van der Waals surface area contributed by atoms with Gasteiger partial charge in [-0.3, -0.25) is 0 Å². The number of nitrogens with zero attached hydrogens (tertiary/aromatic N) is 2. The summed E-state index contributed by atoms with van der Waals surface area (Å²) in [5.41, 5.74) is 19.7. The molecule has 0 N–H and O–H groups in total. The van der Waals surface area contributed by atoms with E-state index in [0.717, 1.165) is 34.1 Å². The lowest BCUT2D eigenvalue weighted by atomic mass is 9.30. The van der Waals surface area contributed by atoms with Gasteiger partial charge >= 0.3 is 0 Å². The van der Waals surface area contributed by atoms with Crippen molar-refractivity contribution >= 4 is 68.2 Å². The zero-order valence-electron chi connectivity index (χ0n) is 36.8. The van der Waals surface area contributed by atoms with Crippen molar-refractivity contribution in [1.82, 2.24) is 0 Å². The minimum Gasteiger partial charge on any atom is -0.460 e. The highest BCUT2D eigenvalue weighted by Crippen LogP contribution is 2.59. The fourth-order valence-electron chi connectivity index (χ4n) is 11.1. The van der Waals surface area contributed by atoms with E-state index in [1.165, 1.54) is 72.1 Å². The smallest absolute Gasteiger partial charge is 0.252 e. The third-order valence-electron chi connectivity index (χ3n) is 14.0. The van der Waals surface area contributed by atoms with Crippen molar-refractivity contribution in [3.05, 3.63) is 222 Å². The Bertz CT molecular complexity index is 3180. The molecule has 0 amide bonds. The van der Waals surface area contributed by atoms with E-state index in [0.29, 0.717) is 0 Å². The highest BCUT2D eigenvalue weighted by Gasteiger charge is 2.58. The van der Waals surface area contributed by atoms with Crippen molar-refractivity contribution in [2.24, 2.45) is 0 Å². The minimum atomic E-state index is -0.757. The molecule has 3 aliphatic rings. The van der Waals surface area contributed by atoms with E-state index in [-0.39, 0.29) is 17.5 Å². The van der Waals surface area contributed by atoms with Crippen LogP contribution in [0.15, 0.2) is 192 Å². The molecule has 0 atom stereocenters. The van der Waals surface area contributed by atoms with Gasteiger partial charge in [0.25, 0.3) is 6.71 Å². The van der Waals surface area contributed by atoms with Gasteiger partial charge in [0.2, 0.25) is 0 Å². The second kappa shape index (κ2) is 13.5. The van der Waals surface area contributed by atoms with Crippen molar-refractivity contribution in [1.29, 1.82) is 0 Å². The second-order valence-electron chi connectivity index (χ2n) is 19.7. The Morgan fingerprint density at radius 3 is 1.65 bits per heavy atom. The molecule has 0 saturated carbocycles. The van der Waals surface area contributed by atoms with Crippen LogP contribution in [-0.2, 0) is 16.2 Å². The van der Waals surface area contributed by atoms with E-state index < -0.39 is 5.41 Å². The van der Waals surface area contributed by atoms with Crippen LogP contribution < -0.4 is 26.2 Å². The normalized spacial score (nSPS) is 14.3. The highest BCUT2D eigenvalue weighted by molar-refractivity contribution is 7.00. The first-order valence-electron chi connectivity index (χ1n) is 22.4. The molecule has 0 saturated heterocycles. The molecule has 0 fully saturated rings. The zero-order chi connectivity index (χ0) is 42.8. The molecule has 0 radical (unpaired) electrons. The third kappa shape index (κ3) is 5.40. The van der Waals surface area contributed by atoms with Crippen LogP contribution in [0.1, 0.15) is 75.1 Å². The maximum absolute atomic E-state index is 7.58. The molecule has 63 heavy (non-hydrogen) atoms. The molecule has 304 valence electrons. The molecule has 8 aromatic carbocycles. The molecular weight excluding hydrogens is 763 g/mol. The monoisotopic (exact) mass is 812 g/mol. The van der Waals surface area contributed by atoms with Crippen LogP contribution in [0.3, 0.4) is 0 Å². The summed E-state index contributed by atoms with van der Waals surface area (Å²) in [6.07, 6.45) is 0. The molecule has 0 unspecified atom stereocenters. The number of furan rings is 1. The number of benzene rings is 8. The van der Waals surface area contributed by atoms with E-state index >= 15 is 0 Å². The van der Waals surface area contributed by atoms with Crippen LogP contribution in [0.5, 0.6) is 0 Å². The summed E-state index contributed by atoms with van der Waals surface area (Å²) in [7, 11) is 0. The van der Waals surface area contributed by atoms with Gasteiger partial charge in [0.1, 0.15) is 16.8 Å². The van der Waals surface area contributed by atoms with E-state index in [9.17, 15) is 0 Å². The van der Waals surface area contributed by atoms with Gasteiger partial charge in [0, 0.05) is 39.5 Å². The van der Waals surface area contributed by atoms with Crippen LogP contribution in [0.25, 0.3) is 22.1 Å². The lowest BCUT2D eigenvalue weighted by Crippen LogP contribution is -2.64. The average Bonchev–Trinajstić information content (AvgIpc) is 3.82. The van der Waals surface area contributed by atoms with Crippen LogP contribution in [0.4, 0.5) is 34.1 Å². The quantitative estimate of drug-likeness (QED) is 0.165. The van der Waals surface area contributed by atoms with Gasteiger partial charge in [-0.15, -0.1) is 0 Å². The Kier molecular flexibility index (Phi) is 8.07. The van der Waals surface area contributed by atoms with Crippen molar-refractivity contribution < 1.29 is 4.42 Å². The lowest BCUT2D eigenvalue weighted by Gasteiger charge is -2.46. The molecule has 4 heteroatoms. The molecule has 12 rings (SSSR count). The van der Waals surface area contributed by atoms with E-state index in [4.69, 9.17) is 4.42 Å². The summed E-state index contributed by atoms with van der Waals surface area (Å²) in [6.45, 7) is 13.7. The van der Waals surface area contributed by atoms with Crippen molar-refractivity contribution in [2.45, 2.75) is 57.8 Å². The minimum absolute atomic E-state index is 0.0225. The number of anilines is 6. The standard InChI is InChI=1S/C59H49BN2O/c1-57(2,3)38-29-32-42(33-30-38)62-51-28-18-17-27-50(51)60-54-46-35-39(58(4,5)6)31-34-53(46)63-56(54)59(47-25-15-13-23-44(47)45-24-14-16-26-48(45)59)49-36-43(37-52(62)55(49)60)61(40-19-9-7-10-20-40)41-21-11-8-12-22-41/h7-37H,1-6H3. The van der Waals surface area contributed by atoms with Gasteiger partial charge in [-0.25, -0.2) is 0 Å².